The van der Waals surface area contributed by atoms with Crippen molar-refractivity contribution in [3.8, 4) is 0 Å². The predicted octanol–water partition coefficient (Wildman–Crippen LogP) is 0.376. The molecule has 1 aromatic rings. The first kappa shape index (κ1) is 11.9. The Labute approximate surface area is 90.4 Å². The first-order valence-electron chi connectivity index (χ1n) is 5.33. The highest BCUT2D eigenvalue weighted by molar-refractivity contribution is 5.09. The number of unbranched alkanes of at least 4 members (excludes halogenated alkanes) is 1. The highest BCUT2D eigenvalue weighted by Crippen LogP contribution is 2.01. The Bertz CT molecular complexity index is 282. The number of tetrazole rings is 1. The summed E-state index contributed by atoms with van der Waals surface area (Å²) in [5, 5.41) is 10.9. The summed E-state index contributed by atoms with van der Waals surface area (Å²) in [6.07, 6.45) is 2.18. The molecule has 0 amide bonds. The van der Waals surface area contributed by atoms with Crippen LogP contribution in [0.15, 0.2) is 0 Å². The second-order valence-corrected chi connectivity index (χ2v) is 4.04. The fourth-order valence-corrected chi connectivity index (χ4v) is 1.25. The van der Waals surface area contributed by atoms with Crippen LogP contribution in [0.5, 0.6) is 0 Å². The van der Waals surface area contributed by atoms with Crippen LogP contribution >= 0.6 is 0 Å². The van der Waals surface area contributed by atoms with E-state index < -0.39 is 0 Å². The van der Waals surface area contributed by atoms with Crippen LogP contribution in [0, 0.1) is 0 Å². The molecule has 0 unspecified atom stereocenters. The molecule has 0 aliphatic carbocycles. The number of nitrogens with two attached hydrogens (primary N) is 1. The third-order valence-corrected chi connectivity index (χ3v) is 2.57. The molecule has 6 nitrogen and oxygen atoms in total. The molecule has 0 aliphatic rings. The highest BCUT2D eigenvalue weighted by Gasteiger charge is 2.03. The smallest absolute Gasteiger partial charge is 0.240 e. The first-order valence-corrected chi connectivity index (χ1v) is 5.33. The Balaban J connectivity index is 2.15. The van der Waals surface area contributed by atoms with Gasteiger partial charge in [-0.05, 0) is 50.7 Å². The number of anilines is 1. The summed E-state index contributed by atoms with van der Waals surface area (Å²) < 4.78 is 1.63. The number of hydrogen-bond donors (Lipinski definition) is 1. The average molecular weight is 212 g/mol. The van der Waals surface area contributed by atoms with Crippen LogP contribution in [-0.2, 0) is 6.54 Å². The van der Waals surface area contributed by atoms with Crippen molar-refractivity contribution >= 4 is 5.95 Å². The van der Waals surface area contributed by atoms with E-state index in [2.05, 4.69) is 41.3 Å². The maximum Gasteiger partial charge on any atom is 0.240 e. The van der Waals surface area contributed by atoms with Gasteiger partial charge in [-0.15, -0.1) is 0 Å². The molecule has 1 aromatic heterocycles. The molecule has 0 radical (unpaired) electrons. The molecule has 0 aliphatic heterocycles. The summed E-state index contributed by atoms with van der Waals surface area (Å²) in [4.78, 5) is 2.32. The fraction of sp³-hybridized carbons (Fsp3) is 0.889. The van der Waals surface area contributed by atoms with Gasteiger partial charge in [0.05, 0.1) is 0 Å². The molecule has 86 valence electrons. The van der Waals surface area contributed by atoms with E-state index in [-0.39, 0.29) is 0 Å². The Morgan fingerprint density at radius 2 is 2.13 bits per heavy atom. The van der Waals surface area contributed by atoms with Crippen LogP contribution < -0.4 is 5.73 Å². The van der Waals surface area contributed by atoms with Gasteiger partial charge in [-0.25, -0.2) is 4.68 Å². The Kier molecular flexibility index (Phi) is 4.48. The van der Waals surface area contributed by atoms with Crippen LogP contribution in [0.25, 0.3) is 0 Å². The van der Waals surface area contributed by atoms with Crippen molar-refractivity contribution < 1.29 is 0 Å². The van der Waals surface area contributed by atoms with Crippen LogP contribution in [0.2, 0.25) is 0 Å². The van der Waals surface area contributed by atoms with Gasteiger partial charge in [-0.1, -0.05) is 5.10 Å². The van der Waals surface area contributed by atoms with Gasteiger partial charge < -0.3 is 10.6 Å². The van der Waals surface area contributed by atoms with Crippen molar-refractivity contribution in [2.45, 2.75) is 39.3 Å². The summed E-state index contributed by atoms with van der Waals surface area (Å²) in [5.41, 5.74) is 5.55. The lowest BCUT2D eigenvalue weighted by molar-refractivity contribution is 0.266. The normalized spacial score (nSPS) is 11.5. The first-order chi connectivity index (χ1) is 7.11. The standard InChI is InChI=1S/C9H20N6/c1-8(2)14(3)6-4-5-7-15-9(10)11-12-13-15/h8H,4-7H2,1-3H3,(H2,10,11,13). The van der Waals surface area contributed by atoms with E-state index in [0.717, 1.165) is 25.9 Å². The molecule has 1 rings (SSSR count). The maximum atomic E-state index is 5.55. The zero-order chi connectivity index (χ0) is 11.3. The van der Waals surface area contributed by atoms with Crippen molar-refractivity contribution in [1.82, 2.24) is 25.1 Å². The third kappa shape index (κ3) is 3.83. The maximum absolute atomic E-state index is 5.55. The second kappa shape index (κ2) is 5.65. The molecule has 15 heavy (non-hydrogen) atoms. The quantitative estimate of drug-likeness (QED) is 0.690. The van der Waals surface area contributed by atoms with Gasteiger partial charge in [0.1, 0.15) is 0 Å². The lowest BCUT2D eigenvalue weighted by atomic mass is 10.2. The number of nitrogens with zero attached hydrogens (tertiary/aromatic N) is 5. The van der Waals surface area contributed by atoms with Gasteiger partial charge in [0, 0.05) is 12.6 Å². The molecular formula is C9H20N6. The second-order valence-electron chi connectivity index (χ2n) is 4.04. The average Bonchev–Trinajstić information content (AvgIpc) is 2.58. The predicted molar refractivity (Wildman–Crippen MR) is 59.2 cm³/mol. The van der Waals surface area contributed by atoms with Crippen LogP contribution in [0.3, 0.4) is 0 Å². The van der Waals surface area contributed by atoms with Gasteiger partial charge in [0.15, 0.2) is 0 Å². The van der Waals surface area contributed by atoms with Gasteiger partial charge in [-0.3, -0.25) is 0 Å². The molecule has 0 saturated carbocycles. The zero-order valence-corrected chi connectivity index (χ0v) is 9.72. The minimum Gasteiger partial charge on any atom is -0.367 e. The summed E-state index contributed by atoms with van der Waals surface area (Å²) in [6.45, 7) is 6.28. The van der Waals surface area contributed by atoms with E-state index in [1.165, 1.54) is 0 Å². The molecule has 0 spiro atoms. The van der Waals surface area contributed by atoms with E-state index >= 15 is 0 Å². The van der Waals surface area contributed by atoms with Gasteiger partial charge in [0.25, 0.3) is 0 Å². The summed E-state index contributed by atoms with van der Waals surface area (Å²) in [6, 6.07) is 0.600. The molecule has 0 bridgehead atoms. The van der Waals surface area contributed by atoms with E-state index in [1.807, 2.05) is 0 Å². The Hall–Kier alpha value is -1.17. The number of aryl methyl sites for hydroxylation is 1. The molecule has 0 atom stereocenters. The highest BCUT2D eigenvalue weighted by atomic mass is 15.6. The minimum atomic E-state index is 0.396. The third-order valence-electron chi connectivity index (χ3n) is 2.57. The van der Waals surface area contributed by atoms with Crippen molar-refractivity contribution in [3.05, 3.63) is 0 Å². The van der Waals surface area contributed by atoms with Crippen molar-refractivity contribution in [2.24, 2.45) is 0 Å². The van der Waals surface area contributed by atoms with Crippen molar-refractivity contribution in [1.29, 1.82) is 0 Å². The van der Waals surface area contributed by atoms with Crippen molar-refractivity contribution in [3.63, 3.8) is 0 Å². The zero-order valence-electron chi connectivity index (χ0n) is 9.72. The summed E-state index contributed by atoms with van der Waals surface area (Å²) in [7, 11) is 2.13. The topological polar surface area (TPSA) is 72.9 Å². The number of rotatable bonds is 6. The lowest BCUT2D eigenvalue weighted by Gasteiger charge is -2.20. The number of nitrogen functional groups attached to an aromatic ring is 1. The SMILES string of the molecule is CC(C)N(C)CCCCn1nnnc1N. The van der Waals surface area contributed by atoms with E-state index in [0.29, 0.717) is 12.0 Å². The van der Waals surface area contributed by atoms with Gasteiger partial charge >= 0.3 is 0 Å². The molecule has 0 saturated heterocycles. The molecular weight excluding hydrogens is 192 g/mol. The van der Waals surface area contributed by atoms with Crippen LogP contribution in [-0.4, -0.2) is 44.7 Å². The van der Waals surface area contributed by atoms with Gasteiger partial charge in [0.2, 0.25) is 5.95 Å². The molecule has 2 N–H and O–H groups in total. The lowest BCUT2D eigenvalue weighted by Crippen LogP contribution is -2.27. The Morgan fingerprint density at radius 1 is 1.40 bits per heavy atom. The summed E-state index contributed by atoms with van der Waals surface area (Å²) in [5.74, 6) is 0.396. The van der Waals surface area contributed by atoms with Crippen LogP contribution in [0.4, 0.5) is 5.95 Å². The van der Waals surface area contributed by atoms with Crippen molar-refractivity contribution in [2.75, 3.05) is 19.3 Å². The number of aromatic nitrogens is 4. The monoisotopic (exact) mass is 212 g/mol. The minimum absolute atomic E-state index is 0.396. The molecule has 6 heteroatoms. The summed E-state index contributed by atoms with van der Waals surface area (Å²) >= 11 is 0. The molecule has 0 fully saturated rings. The largest absolute Gasteiger partial charge is 0.367 e. The number of hydrogen-bond acceptors (Lipinski definition) is 5. The van der Waals surface area contributed by atoms with Gasteiger partial charge in [-0.2, -0.15) is 0 Å². The fourth-order valence-electron chi connectivity index (χ4n) is 1.25. The van der Waals surface area contributed by atoms with E-state index in [1.54, 1.807) is 4.68 Å². The van der Waals surface area contributed by atoms with E-state index in [9.17, 15) is 0 Å². The van der Waals surface area contributed by atoms with E-state index in [4.69, 9.17) is 5.73 Å². The Morgan fingerprint density at radius 3 is 2.67 bits per heavy atom. The molecule has 0 aromatic carbocycles. The molecule has 1 heterocycles. The van der Waals surface area contributed by atoms with Crippen LogP contribution in [0.1, 0.15) is 26.7 Å².